The number of benzene rings is 2. The third-order valence-corrected chi connectivity index (χ3v) is 4.10. The predicted octanol–water partition coefficient (Wildman–Crippen LogP) is 4.24. The highest BCUT2D eigenvalue weighted by atomic mass is 16.5. The molecule has 0 saturated carbocycles. The zero-order chi connectivity index (χ0) is 18.8. The van der Waals surface area contributed by atoms with Crippen molar-refractivity contribution in [3.8, 4) is 11.5 Å². The van der Waals surface area contributed by atoms with Gasteiger partial charge in [-0.05, 0) is 36.1 Å². The fraction of sp³-hybridized carbons (Fsp3) is 0.381. The van der Waals surface area contributed by atoms with Gasteiger partial charge in [0, 0.05) is 18.9 Å². The first kappa shape index (κ1) is 19.8. The van der Waals surface area contributed by atoms with E-state index in [-0.39, 0.29) is 12.5 Å². The van der Waals surface area contributed by atoms with E-state index in [4.69, 9.17) is 14.2 Å². The van der Waals surface area contributed by atoms with Crippen molar-refractivity contribution in [1.82, 2.24) is 0 Å². The largest absolute Gasteiger partial charge is 0.491 e. The molecule has 140 valence electrons. The summed E-state index contributed by atoms with van der Waals surface area (Å²) in [6.07, 6.45) is 1.02. The van der Waals surface area contributed by atoms with Gasteiger partial charge in [0.15, 0.2) is 6.61 Å². The lowest BCUT2D eigenvalue weighted by Gasteiger charge is -2.15. The molecule has 0 heterocycles. The van der Waals surface area contributed by atoms with E-state index in [1.165, 1.54) is 0 Å². The van der Waals surface area contributed by atoms with Gasteiger partial charge in [0.25, 0.3) is 5.91 Å². The van der Waals surface area contributed by atoms with Crippen LogP contribution in [0.15, 0.2) is 48.5 Å². The Kier molecular flexibility index (Phi) is 7.96. The van der Waals surface area contributed by atoms with E-state index in [1.54, 1.807) is 13.2 Å². The highest BCUT2D eigenvalue weighted by Crippen LogP contribution is 2.28. The molecule has 0 aliphatic heterocycles. The minimum Gasteiger partial charge on any atom is -0.491 e. The minimum atomic E-state index is -0.210. The van der Waals surface area contributed by atoms with Gasteiger partial charge in [-0.1, -0.05) is 38.1 Å². The van der Waals surface area contributed by atoms with Crippen molar-refractivity contribution in [2.45, 2.75) is 26.2 Å². The number of hydrogen-bond acceptors (Lipinski definition) is 4. The van der Waals surface area contributed by atoms with E-state index in [0.717, 1.165) is 17.7 Å². The number of nitrogens with one attached hydrogen (secondary N) is 1. The van der Waals surface area contributed by atoms with Crippen molar-refractivity contribution >= 4 is 11.6 Å². The van der Waals surface area contributed by atoms with E-state index >= 15 is 0 Å². The molecule has 0 aromatic heterocycles. The molecule has 1 amide bonds. The van der Waals surface area contributed by atoms with Crippen LogP contribution in [0.5, 0.6) is 11.5 Å². The highest BCUT2D eigenvalue weighted by Gasteiger charge is 2.11. The first-order chi connectivity index (χ1) is 12.6. The number of rotatable bonds is 10. The van der Waals surface area contributed by atoms with Gasteiger partial charge in [0.05, 0.1) is 6.61 Å². The fourth-order valence-corrected chi connectivity index (χ4v) is 2.49. The normalized spacial score (nSPS) is 11.7. The lowest BCUT2D eigenvalue weighted by molar-refractivity contribution is -0.118. The average Bonchev–Trinajstić information content (AvgIpc) is 2.66. The van der Waals surface area contributed by atoms with Gasteiger partial charge in [0.1, 0.15) is 18.1 Å². The summed E-state index contributed by atoms with van der Waals surface area (Å²) >= 11 is 0. The van der Waals surface area contributed by atoms with Gasteiger partial charge in [0.2, 0.25) is 0 Å². The molecule has 5 heteroatoms. The van der Waals surface area contributed by atoms with Crippen LogP contribution in [0.1, 0.15) is 31.7 Å². The van der Waals surface area contributed by atoms with Gasteiger partial charge in [-0.2, -0.15) is 0 Å². The lowest BCUT2D eigenvalue weighted by Crippen LogP contribution is -2.20. The van der Waals surface area contributed by atoms with E-state index in [9.17, 15) is 4.79 Å². The molecule has 0 radical (unpaired) electrons. The topological polar surface area (TPSA) is 56.8 Å². The molecular weight excluding hydrogens is 330 g/mol. The fourth-order valence-electron chi connectivity index (χ4n) is 2.49. The summed E-state index contributed by atoms with van der Waals surface area (Å²) < 4.78 is 16.2. The van der Waals surface area contributed by atoms with Crippen LogP contribution in [0.4, 0.5) is 5.69 Å². The van der Waals surface area contributed by atoms with Crippen molar-refractivity contribution in [3.63, 3.8) is 0 Å². The van der Waals surface area contributed by atoms with Crippen LogP contribution in [-0.2, 0) is 9.53 Å². The van der Waals surface area contributed by atoms with Crippen molar-refractivity contribution in [2.75, 3.05) is 32.2 Å². The summed E-state index contributed by atoms with van der Waals surface area (Å²) in [6, 6.07) is 15.1. The third kappa shape index (κ3) is 6.08. The maximum Gasteiger partial charge on any atom is 0.262 e. The lowest BCUT2D eigenvalue weighted by atomic mass is 9.98. The molecular formula is C21H27NO4. The maximum absolute atomic E-state index is 12.2. The first-order valence-corrected chi connectivity index (χ1v) is 8.87. The summed E-state index contributed by atoms with van der Waals surface area (Å²) in [5.41, 5.74) is 1.79. The number of ether oxygens (including phenoxy) is 3. The Morgan fingerprint density at radius 1 is 1.08 bits per heavy atom. The molecule has 1 unspecified atom stereocenters. The number of carbonyl (C=O) groups excluding carboxylic acids is 1. The second-order valence-corrected chi connectivity index (χ2v) is 6.05. The molecule has 1 atom stereocenters. The first-order valence-electron chi connectivity index (χ1n) is 8.87. The molecule has 2 aromatic carbocycles. The van der Waals surface area contributed by atoms with Crippen molar-refractivity contribution < 1.29 is 19.0 Å². The quantitative estimate of drug-likeness (QED) is 0.646. The van der Waals surface area contributed by atoms with Gasteiger partial charge in [-0.25, -0.2) is 0 Å². The minimum absolute atomic E-state index is 0.0395. The van der Waals surface area contributed by atoms with Crippen LogP contribution in [0.3, 0.4) is 0 Å². The Morgan fingerprint density at radius 2 is 1.88 bits per heavy atom. The second kappa shape index (κ2) is 10.5. The van der Waals surface area contributed by atoms with Crippen LogP contribution in [0.25, 0.3) is 0 Å². The molecule has 5 nitrogen and oxygen atoms in total. The molecule has 0 saturated heterocycles. The van der Waals surface area contributed by atoms with E-state index in [1.807, 2.05) is 42.5 Å². The maximum atomic E-state index is 12.2. The summed E-state index contributed by atoms with van der Waals surface area (Å²) in [5, 5.41) is 2.83. The standard InChI is InChI=1S/C21H27NO4/c1-4-16(2)19-10-5-6-11-20(19)26-15-21(23)22-17-8-7-9-18(14-17)25-13-12-24-3/h5-11,14,16H,4,12-13,15H2,1-3H3,(H,22,23). The zero-order valence-corrected chi connectivity index (χ0v) is 15.7. The van der Waals surface area contributed by atoms with Crippen LogP contribution in [-0.4, -0.2) is 32.8 Å². The molecule has 0 fully saturated rings. The number of anilines is 1. The smallest absolute Gasteiger partial charge is 0.262 e. The summed E-state index contributed by atoms with van der Waals surface area (Å²) in [4.78, 5) is 12.2. The number of carbonyl (C=O) groups is 1. The Bertz CT molecular complexity index is 702. The molecule has 2 aromatic rings. The summed E-state index contributed by atoms with van der Waals surface area (Å²) in [7, 11) is 1.62. The predicted molar refractivity (Wildman–Crippen MR) is 103 cm³/mol. The number of para-hydroxylation sites is 1. The van der Waals surface area contributed by atoms with E-state index < -0.39 is 0 Å². The Morgan fingerprint density at radius 3 is 2.65 bits per heavy atom. The van der Waals surface area contributed by atoms with Crippen LogP contribution < -0.4 is 14.8 Å². The third-order valence-electron chi connectivity index (χ3n) is 4.10. The van der Waals surface area contributed by atoms with Crippen molar-refractivity contribution in [2.24, 2.45) is 0 Å². The monoisotopic (exact) mass is 357 g/mol. The second-order valence-electron chi connectivity index (χ2n) is 6.05. The molecule has 0 aliphatic rings. The molecule has 2 rings (SSSR count). The number of methoxy groups -OCH3 is 1. The molecule has 0 aliphatic carbocycles. The molecule has 0 bridgehead atoms. The SMILES string of the molecule is CCC(C)c1ccccc1OCC(=O)Nc1cccc(OCCOC)c1. The van der Waals surface area contributed by atoms with Gasteiger partial charge >= 0.3 is 0 Å². The number of hydrogen-bond donors (Lipinski definition) is 1. The van der Waals surface area contributed by atoms with Gasteiger partial charge < -0.3 is 19.5 Å². The summed E-state index contributed by atoms with van der Waals surface area (Å²) in [6.45, 7) is 5.22. The Balaban J connectivity index is 1.91. The molecule has 0 spiro atoms. The Labute approximate surface area is 155 Å². The van der Waals surface area contributed by atoms with Crippen LogP contribution in [0.2, 0.25) is 0 Å². The van der Waals surface area contributed by atoms with E-state index in [0.29, 0.717) is 30.6 Å². The van der Waals surface area contributed by atoms with Gasteiger partial charge in [-0.15, -0.1) is 0 Å². The Hall–Kier alpha value is -2.53. The van der Waals surface area contributed by atoms with Crippen LogP contribution >= 0.6 is 0 Å². The van der Waals surface area contributed by atoms with Crippen molar-refractivity contribution in [3.05, 3.63) is 54.1 Å². The summed E-state index contributed by atoms with van der Waals surface area (Å²) in [5.74, 6) is 1.62. The van der Waals surface area contributed by atoms with Crippen molar-refractivity contribution in [1.29, 1.82) is 0 Å². The van der Waals surface area contributed by atoms with Gasteiger partial charge in [-0.3, -0.25) is 4.79 Å². The average molecular weight is 357 g/mol. The van der Waals surface area contributed by atoms with E-state index in [2.05, 4.69) is 19.2 Å². The number of amides is 1. The highest BCUT2D eigenvalue weighted by molar-refractivity contribution is 5.92. The molecule has 26 heavy (non-hydrogen) atoms. The zero-order valence-electron chi connectivity index (χ0n) is 15.7. The van der Waals surface area contributed by atoms with Crippen LogP contribution in [0, 0.1) is 0 Å². The molecule has 1 N–H and O–H groups in total.